The fraction of sp³-hybridized carbons (Fsp3) is 0.176. The fourth-order valence-electron chi connectivity index (χ4n) is 2.03. The molecule has 0 aliphatic heterocycles. The number of rotatable bonds is 7. The van der Waals surface area contributed by atoms with E-state index in [1.54, 1.807) is 12.1 Å². The number of hydrogen-bond acceptors (Lipinski definition) is 7. The monoisotopic (exact) mass is 413 g/mol. The number of hydrogen-bond donors (Lipinski definition) is 0. The average Bonchev–Trinajstić information content (AvgIpc) is 2.65. The second kappa shape index (κ2) is 9.20. The van der Waals surface area contributed by atoms with Crippen LogP contribution in [0.1, 0.15) is 20.7 Å². The Balaban J connectivity index is 2.01. The van der Waals surface area contributed by atoms with Crippen LogP contribution in [-0.2, 0) is 9.47 Å². The molecule has 0 heterocycles. The summed E-state index contributed by atoms with van der Waals surface area (Å²) in [6.45, 7) is -0.153. The van der Waals surface area contributed by atoms with E-state index in [-0.39, 0.29) is 24.3 Å². The number of methoxy groups -OCH3 is 1. The summed E-state index contributed by atoms with van der Waals surface area (Å²) in [6, 6.07) is 7.82. The molecule has 10 heteroatoms. The summed E-state index contributed by atoms with van der Waals surface area (Å²) in [4.78, 5) is 34.0. The van der Waals surface area contributed by atoms with E-state index < -0.39 is 22.5 Å². The number of nitro groups is 1. The minimum Gasteiger partial charge on any atom is -0.488 e. The molecule has 2 aromatic rings. The van der Waals surface area contributed by atoms with Crippen LogP contribution in [0.25, 0.3) is 0 Å². The lowest BCUT2D eigenvalue weighted by Gasteiger charge is -2.09. The lowest BCUT2D eigenvalue weighted by molar-refractivity contribution is -0.384. The van der Waals surface area contributed by atoms with Crippen molar-refractivity contribution in [3.05, 3.63) is 67.7 Å². The lowest BCUT2D eigenvalue weighted by Crippen LogP contribution is -2.14. The van der Waals surface area contributed by atoms with Crippen molar-refractivity contribution in [3.63, 3.8) is 0 Å². The highest BCUT2D eigenvalue weighted by molar-refractivity contribution is 6.35. The van der Waals surface area contributed by atoms with Crippen LogP contribution in [0, 0.1) is 10.1 Å². The summed E-state index contributed by atoms with van der Waals surface area (Å²) in [5.74, 6) is -1.30. The van der Waals surface area contributed by atoms with Gasteiger partial charge in [0.1, 0.15) is 19.0 Å². The van der Waals surface area contributed by atoms with E-state index in [0.717, 1.165) is 25.3 Å². The topological polar surface area (TPSA) is 105 Å². The van der Waals surface area contributed by atoms with Crippen LogP contribution in [0.3, 0.4) is 0 Å². The normalized spacial score (nSPS) is 10.2. The zero-order valence-corrected chi connectivity index (χ0v) is 15.5. The number of nitro benzene ring substituents is 1. The van der Waals surface area contributed by atoms with E-state index in [1.165, 1.54) is 6.07 Å². The third-order valence-electron chi connectivity index (χ3n) is 3.25. The number of ether oxygens (including phenoxy) is 3. The smallest absolute Gasteiger partial charge is 0.338 e. The molecule has 0 aliphatic rings. The number of carbonyl (C=O) groups is 2. The van der Waals surface area contributed by atoms with Gasteiger partial charge in [0.05, 0.1) is 28.2 Å². The van der Waals surface area contributed by atoms with E-state index in [1.807, 2.05) is 0 Å². The number of esters is 2. The Morgan fingerprint density at radius 2 is 1.70 bits per heavy atom. The van der Waals surface area contributed by atoms with Gasteiger partial charge in [0.15, 0.2) is 0 Å². The summed E-state index contributed by atoms with van der Waals surface area (Å²) in [5, 5.41) is 11.7. The van der Waals surface area contributed by atoms with E-state index in [0.29, 0.717) is 15.8 Å². The highest BCUT2D eigenvalue weighted by atomic mass is 35.5. The van der Waals surface area contributed by atoms with Crippen LogP contribution >= 0.6 is 23.2 Å². The van der Waals surface area contributed by atoms with Crippen molar-refractivity contribution in [1.82, 2.24) is 0 Å². The predicted octanol–water partition coefficient (Wildman–Crippen LogP) is 3.92. The first-order chi connectivity index (χ1) is 12.8. The lowest BCUT2D eigenvalue weighted by atomic mass is 10.1. The molecule has 2 aromatic carbocycles. The summed E-state index contributed by atoms with van der Waals surface area (Å²) in [5.41, 5.74) is -0.731. The zero-order valence-electron chi connectivity index (χ0n) is 13.9. The summed E-state index contributed by atoms with van der Waals surface area (Å²) in [7, 11) is 1.12. The van der Waals surface area contributed by atoms with Crippen molar-refractivity contribution in [2.24, 2.45) is 0 Å². The van der Waals surface area contributed by atoms with Crippen molar-refractivity contribution in [2.75, 3.05) is 20.3 Å². The molecule has 0 aromatic heterocycles. The van der Waals surface area contributed by atoms with Crippen LogP contribution in [0.2, 0.25) is 10.0 Å². The highest BCUT2D eigenvalue weighted by Crippen LogP contribution is 2.27. The third kappa shape index (κ3) is 5.57. The molecule has 0 saturated carbocycles. The van der Waals surface area contributed by atoms with Gasteiger partial charge in [0.2, 0.25) is 0 Å². The average molecular weight is 414 g/mol. The molecule has 2 rings (SSSR count). The van der Waals surface area contributed by atoms with Gasteiger partial charge in [-0.15, -0.1) is 0 Å². The Morgan fingerprint density at radius 1 is 1.04 bits per heavy atom. The minimum absolute atomic E-state index is 0.00806. The van der Waals surface area contributed by atoms with Gasteiger partial charge in [-0.3, -0.25) is 10.1 Å². The van der Waals surface area contributed by atoms with Gasteiger partial charge in [-0.05, 0) is 24.3 Å². The van der Waals surface area contributed by atoms with Crippen LogP contribution < -0.4 is 4.74 Å². The first-order valence-electron chi connectivity index (χ1n) is 7.44. The molecule has 0 spiro atoms. The Labute approximate surface area is 163 Å². The molecular weight excluding hydrogens is 401 g/mol. The molecule has 0 bridgehead atoms. The van der Waals surface area contributed by atoms with Gasteiger partial charge in [0.25, 0.3) is 5.69 Å². The highest BCUT2D eigenvalue weighted by Gasteiger charge is 2.19. The standard InChI is InChI=1S/C17H13Cl2NO7/c1-25-16(21)10-6-11(8-13(7-10)20(23)24)17(22)27-5-4-26-15-3-2-12(18)9-14(15)19/h2-3,6-9H,4-5H2,1H3. The molecule has 0 aliphatic carbocycles. The number of carbonyl (C=O) groups excluding carboxylic acids is 2. The Hall–Kier alpha value is -2.84. The molecule has 0 unspecified atom stereocenters. The number of halogens is 2. The molecule has 0 atom stereocenters. The zero-order chi connectivity index (χ0) is 20.0. The SMILES string of the molecule is COC(=O)c1cc(C(=O)OCCOc2ccc(Cl)cc2Cl)cc([N+](=O)[O-])c1. The molecule has 142 valence electrons. The van der Waals surface area contributed by atoms with Crippen LogP contribution in [0.5, 0.6) is 5.75 Å². The van der Waals surface area contributed by atoms with Gasteiger partial charge in [0, 0.05) is 17.2 Å². The van der Waals surface area contributed by atoms with Crippen LogP contribution in [0.15, 0.2) is 36.4 Å². The molecular formula is C17H13Cl2NO7. The Morgan fingerprint density at radius 3 is 2.30 bits per heavy atom. The molecule has 0 radical (unpaired) electrons. The molecule has 0 saturated heterocycles. The molecule has 0 amide bonds. The summed E-state index contributed by atoms with van der Waals surface area (Å²) in [6.07, 6.45) is 0. The van der Waals surface area contributed by atoms with E-state index in [4.69, 9.17) is 32.7 Å². The maximum absolute atomic E-state index is 12.1. The van der Waals surface area contributed by atoms with Crippen LogP contribution in [-0.4, -0.2) is 37.2 Å². The Bertz CT molecular complexity index is 886. The minimum atomic E-state index is -0.852. The van der Waals surface area contributed by atoms with Gasteiger partial charge in [-0.1, -0.05) is 23.2 Å². The maximum Gasteiger partial charge on any atom is 0.338 e. The second-order valence-electron chi connectivity index (χ2n) is 5.08. The largest absolute Gasteiger partial charge is 0.488 e. The predicted molar refractivity (Wildman–Crippen MR) is 96.7 cm³/mol. The fourth-order valence-corrected chi connectivity index (χ4v) is 2.49. The molecule has 27 heavy (non-hydrogen) atoms. The quantitative estimate of drug-likeness (QED) is 0.293. The van der Waals surface area contributed by atoms with E-state index in [2.05, 4.69) is 4.74 Å². The van der Waals surface area contributed by atoms with Gasteiger partial charge < -0.3 is 14.2 Å². The first kappa shape index (κ1) is 20.5. The second-order valence-corrected chi connectivity index (χ2v) is 5.92. The van der Waals surface area contributed by atoms with Crippen molar-refractivity contribution >= 4 is 40.8 Å². The number of nitrogens with zero attached hydrogens (tertiary/aromatic N) is 1. The number of non-ortho nitro benzene ring substituents is 1. The number of benzene rings is 2. The van der Waals surface area contributed by atoms with E-state index in [9.17, 15) is 19.7 Å². The molecule has 8 nitrogen and oxygen atoms in total. The third-order valence-corrected chi connectivity index (χ3v) is 3.78. The van der Waals surface area contributed by atoms with Crippen molar-refractivity contribution in [1.29, 1.82) is 0 Å². The van der Waals surface area contributed by atoms with Crippen molar-refractivity contribution in [2.45, 2.75) is 0 Å². The van der Waals surface area contributed by atoms with E-state index >= 15 is 0 Å². The summed E-state index contributed by atoms with van der Waals surface area (Å²) < 4.78 is 14.9. The molecule has 0 N–H and O–H groups in total. The first-order valence-corrected chi connectivity index (χ1v) is 8.20. The van der Waals surface area contributed by atoms with Gasteiger partial charge in [-0.25, -0.2) is 9.59 Å². The molecule has 0 fully saturated rings. The Kier molecular flexibility index (Phi) is 6.98. The summed E-state index contributed by atoms with van der Waals surface area (Å²) >= 11 is 11.7. The van der Waals surface area contributed by atoms with Crippen molar-refractivity contribution in [3.8, 4) is 5.75 Å². The van der Waals surface area contributed by atoms with Crippen LogP contribution in [0.4, 0.5) is 5.69 Å². The van der Waals surface area contributed by atoms with Crippen molar-refractivity contribution < 1.29 is 28.7 Å². The van der Waals surface area contributed by atoms with Gasteiger partial charge >= 0.3 is 11.9 Å². The van der Waals surface area contributed by atoms with Gasteiger partial charge in [-0.2, -0.15) is 0 Å². The maximum atomic E-state index is 12.1.